The van der Waals surface area contributed by atoms with Crippen LogP contribution in [0.25, 0.3) is 11.4 Å². The van der Waals surface area contributed by atoms with Crippen molar-refractivity contribution in [2.24, 2.45) is 0 Å². The first kappa shape index (κ1) is 15.6. The number of hydrogen-bond donors (Lipinski definition) is 1. The van der Waals surface area contributed by atoms with Gasteiger partial charge >= 0.3 is 0 Å². The summed E-state index contributed by atoms with van der Waals surface area (Å²) in [7, 11) is 0. The molecule has 0 bridgehead atoms. The molecule has 0 radical (unpaired) electrons. The molecular weight excluding hydrogens is 382 g/mol. The number of hydrogen-bond acceptors (Lipinski definition) is 4. The van der Waals surface area contributed by atoms with Crippen LogP contribution in [-0.2, 0) is 11.3 Å². The van der Waals surface area contributed by atoms with E-state index in [9.17, 15) is 4.79 Å². The summed E-state index contributed by atoms with van der Waals surface area (Å²) < 4.78 is 0.861. The van der Waals surface area contributed by atoms with Crippen LogP contribution in [0.2, 0.25) is 5.02 Å². The minimum Gasteiger partial charge on any atom is -0.323 e. The van der Waals surface area contributed by atoms with Gasteiger partial charge in [0.1, 0.15) is 6.54 Å². The predicted molar refractivity (Wildman–Crippen MR) is 91.0 cm³/mol. The number of tetrazole rings is 1. The fraction of sp³-hybridized carbons (Fsp3) is 0.0667. The van der Waals surface area contributed by atoms with Gasteiger partial charge in [-0.3, -0.25) is 4.79 Å². The van der Waals surface area contributed by atoms with Gasteiger partial charge < -0.3 is 5.32 Å². The molecule has 0 aliphatic rings. The van der Waals surface area contributed by atoms with E-state index in [-0.39, 0.29) is 12.5 Å². The van der Waals surface area contributed by atoms with Crippen molar-refractivity contribution < 1.29 is 4.79 Å². The SMILES string of the molecule is O=C(Cn1nnc(-c2ccccc2Br)n1)Nc1ccccc1Cl. The predicted octanol–water partition coefficient (Wildman–Crippen LogP) is 3.39. The van der Waals surface area contributed by atoms with Gasteiger partial charge in [-0.25, -0.2) is 0 Å². The highest BCUT2D eigenvalue weighted by atomic mass is 79.9. The van der Waals surface area contributed by atoms with Crippen molar-refractivity contribution in [1.29, 1.82) is 0 Å². The molecular formula is C15H11BrClN5O. The van der Waals surface area contributed by atoms with Crippen LogP contribution in [0.4, 0.5) is 5.69 Å². The van der Waals surface area contributed by atoms with Crippen LogP contribution in [0.1, 0.15) is 0 Å². The molecule has 0 aliphatic heterocycles. The zero-order valence-corrected chi connectivity index (χ0v) is 14.1. The van der Waals surface area contributed by atoms with Crippen molar-refractivity contribution in [3.8, 4) is 11.4 Å². The number of anilines is 1. The molecule has 8 heteroatoms. The van der Waals surface area contributed by atoms with Gasteiger partial charge in [0.2, 0.25) is 11.7 Å². The zero-order valence-electron chi connectivity index (χ0n) is 11.8. The van der Waals surface area contributed by atoms with Crippen LogP contribution in [0, 0.1) is 0 Å². The Bertz CT molecular complexity index is 851. The molecule has 2 aromatic carbocycles. The van der Waals surface area contributed by atoms with Gasteiger partial charge in [0.25, 0.3) is 0 Å². The molecule has 6 nitrogen and oxygen atoms in total. The summed E-state index contributed by atoms with van der Waals surface area (Å²) in [6.45, 7) is -0.0529. The van der Waals surface area contributed by atoms with Crippen molar-refractivity contribution >= 4 is 39.1 Å². The molecule has 1 heterocycles. The number of amides is 1. The monoisotopic (exact) mass is 391 g/mol. The summed E-state index contributed by atoms with van der Waals surface area (Å²) in [5.41, 5.74) is 1.36. The van der Waals surface area contributed by atoms with Gasteiger partial charge in [-0.15, -0.1) is 10.2 Å². The first-order valence-corrected chi connectivity index (χ1v) is 7.87. The molecule has 0 saturated heterocycles. The Morgan fingerprint density at radius 2 is 1.91 bits per heavy atom. The molecule has 0 saturated carbocycles. The summed E-state index contributed by atoms with van der Waals surface area (Å²) in [6.07, 6.45) is 0. The Kier molecular flexibility index (Phi) is 4.68. The second kappa shape index (κ2) is 6.89. The Balaban J connectivity index is 1.71. The summed E-state index contributed by atoms with van der Waals surface area (Å²) in [4.78, 5) is 13.3. The van der Waals surface area contributed by atoms with Crippen LogP contribution in [-0.4, -0.2) is 26.1 Å². The van der Waals surface area contributed by atoms with Crippen LogP contribution >= 0.6 is 27.5 Å². The van der Waals surface area contributed by atoms with Crippen LogP contribution < -0.4 is 5.32 Å². The summed E-state index contributed by atoms with van der Waals surface area (Å²) >= 11 is 9.44. The zero-order chi connectivity index (χ0) is 16.2. The van der Waals surface area contributed by atoms with E-state index in [1.165, 1.54) is 4.80 Å². The Morgan fingerprint density at radius 3 is 2.70 bits per heavy atom. The second-order valence-corrected chi connectivity index (χ2v) is 5.91. The standard InChI is InChI=1S/C15H11BrClN5O/c16-11-6-2-1-5-10(11)15-19-21-22(20-15)9-14(23)18-13-8-4-3-7-12(13)17/h1-8H,9H2,(H,18,23). The number of benzene rings is 2. The Morgan fingerprint density at radius 1 is 1.17 bits per heavy atom. The third kappa shape index (κ3) is 3.75. The number of nitrogens with zero attached hydrogens (tertiary/aromatic N) is 4. The van der Waals surface area contributed by atoms with Crippen molar-refractivity contribution in [1.82, 2.24) is 20.2 Å². The second-order valence-electron chi connectivity index (χ2n) is 4.65. The fourth-order valence-corrected chi connectivity index (χ4v) is 2.59. The van der Waals surface area contributed by atoms with E-state index in [1.54, 1.807) is 24.3 Å². The molecule has 3 rings (SSSR count). The number of nitrogens with one attached hydrogen (secondary N) is 1. The fourth-order valence-electron chi connectivity index (χ4n) is 1.94. The van der Waals surface area contributed by atoms with Gasteiger partial charge in [0, 0.05) is 10.0 Å². The normalized spacial score (nSPS) is 10.5. The van der Waals surface area contributed by atoms with E-state index in [4.69, 9.17) is 11.6 Å². The average molecular weight is 393 g/mol. The van der Waals surface area contributed by atoms with E-state index >= 15 is 0 Å². The lowest BCUT2D eigenvalue weighted by atomic mass is 10.2. The molecule has 0 aliphatic carbocycles. The number of carbonyl (C=O) groups excluding carboxylic acids is 1. The smallest absolute Gasteiger partial charge is 0.248 e. The highest BCUT2D eigenvalue weighted by molar-refractivity contribution is 9.10. The third-order valence-corrected chi connectivity index (χ3v) is 4.02. The molecule has 23 heavy (non-hydrogen) atoms. The maximum atomic E-state index is 12.0. The van der Waals surface area contributed by atoms with E-state index in [2.05, 4.69) is 36.7 Å². The highest BCUT2D eigenvalue weighted by Crippen LogP contribution is 2.24. The van der Waals surface area contributed by atoms with Crippen LogP contribution in [0.5, 0.6) is 0 Å². The van der Waals surface area contributed by atoms with E-state index < -0.39 is 0 Å². The van der Waals surface area contributed by atoms with Crippen LogP contribution in [0.15, 0.2) is 53.0 Å². The first-order valence-electron chi connectivity index (χ1n) is 6.70. The maximum Gasteiger partial charge on any atom is 0.248 e. The molecule has 116 valence electrons. The van der Waals surface area contributed by atoms with Crippen molar-refractivity contribution in [3.05, 3.63) is 58.0 Å². The van der Waals surface area contributed by atoms with Crippen molar-refractivity contribution in [3.63, 3.8) is 0 Å². The topological polar surface area (TPSA) is 72.7 Å². The van der Waals surface area contributed by atoms with Gasteiger partial charge in [-0.05, 0) is 29.5 Å². The number of para-hydroxylation sites is 1. The molecule has 0 unspecified atom stereocenters. The molecule has 0 spiro atoms. The van der Waals surface area contributed by atoms with E-state index in [1.807, 2.05) is 24.3 Å². The third-order valence-electron chi connectivity index (χ3n) is 3.00. The molecule has 3 aromatic rings. The molecule has 0 atom stereocenters. The number of rotatable bonds is 4. The number of aromatic nitrogens is 4. The summed E-state index contributed by atoms with van der Waals surface area (Å²) in [6, 6.07) is 14.5. The van der Waals surface area contributed by atoms with E-state index in [0.717, 1.165) is 10.0 Å². The highest BCUT2D eigenvalue weighted by Gasteiger charge is 2.12. The quantitative estimate of drug-likeness (QED) is 0.738. The number of halogens is 2. The van der Waals surface area contributed by atoms with Crippen molar-refractivity contribution in [2.75, 3.05) is 5.32 Å². The molecule has 0 fully saturated rings. The number of carbonyl (C=O) groups is 1. The molecule has 1 aromatic heterocycles. The first-order chi connectivity index (χ1) is 11.1. The summed E-state index contributed by atoms with van der Waals surface area (Å²) in [5, 5.41) is 15.3. The minimum absolute atomic E-state index is 0.0529. The Hall–Kier alpha value is -2.25. The minimum atomic E-state index is -0.283. The molecule has 1 N–H and O–H groups in total. The van der Waals surface area contributed by atoms with Crippen molar-refractivity contribution in [2.45, 2.75) is 6.54 Å². The van der Waals surface area contributed by atoms with Gasteiger partial charge in [0.15, 0.2) is 0 Å². The van der Waals surface area contributed by atoms with Gasteiger partial charge in [-0.1, -0.05) is 51.8 Å². The van der Waals surface area contributed by atoms with E-state index in [0.29, 0.717) is 16.5 Å². The lowest BCUT2D eigenvalue weighted by Gasteiger charge is -2.05. The lowest BCUT2D eigenvalue weighted by Crippen LogP contribution is -2.20. The average Bonchev–Trinajstić information content (AvgIpc) is 2.98. The lowest BCUT2D eigenvalue weighted by molar-refractivity contribution is -0.117. The maximum absolute atomic E-state index is 12.0. The van der Waals surface area contributed by atoms with Gasteiger partial charge in [-0.2, -0.15) is 4.80 Å². The largest absolute Gasteiger partial charge is 0.323 e. The summed E-state index contributed by atoms with van der Waals surface area (Å²) in [5.74, 6) is 0.164. The van der Waals surface area contributed by atoms with Gasteiger partial charge in [0.05, 0.1) is 10.7 Å². The van der Waals surface area contributed by atoms with Crippen LogP contribution in [0.3, 0.4) is 0 Å². The Labute approximate surface area is 145 Å². The molecule has 1 amide bonds.